The van der Waals surface area contributed by atoms with Crippen molar-refractivity contribution in [1.29, 1.82) is 0 Å². The summed E-state index contributed by atoms with van der Waals surface area (Å²) in [7, 11) is 1.63. The summed E-state index contributed by atoms with van der Waals surface area (Å²) in [6, 6.07) is 8.25. The first-order valence-electron chi connectivity index (χ1n) is 6.45. The summed E-state index contributed by atoms with van der Waals surface area (Å²) < 4.78 is 10.4. The van der Waals surface area contributed by atoms with E-state index in [-0.39, 0.29) is 6.10 Å². The molecule has 0 aliphatic heterocycles. The van der Waals surface area contributed by atoms with Gasteiger partial charge < -0.3 is 15.0 Å². The number of hydrogen-bond acceptors (Lipinski definition) is 6. The molecule has 0 radical (unpaired) electrons. The van der Waals surface area contributed by atoms with E-state index in [2.05, 4.69) is 29.2 Å². The fourth-order valence-electron chi connectivity index (χ4n) is 1.75. The molecule has 1 aromatic heterocycles. The van der Waals surface area contributed by atoms with Crippen LogP contribution in [0.25, 0.3) is 0 Å². The van der Waals surface area contributed by atoms with Crippen molar-refractivity contribution in [3.8, 4) is 0 Å². The number of thioether (sulfide) groups is 1. The first-order chi connectivity index (χ1) is 9.72. The lowest BCUT2D eigenvalue weighted by atomic mass is 10.2. The Morgan fingerprint density at radius 2 is 2.20 bits per heavy atom. The zero-order valence-corrected chi connectivity index (χ0v) is 12.5. The highest BCUT2D eigenvalue weighted by atomic mass is 32.2. The van der Waals surface area contributed by atoms with Gasteiger partial charge in [0, 0.05) is 18.6 Å². The third-order valence-corrected chi connectivity index (χ3v) is 4.13. The van der Waals surface area contributed by atoms with E-state index in [9.17, 15) is 0 Å². The second kappa shape index (κ2) is 7.42. The molecule has 2 rings (SSSR count). The average Bonchev–Trinajstić information content (AvgIpc) is 2.91. The van der Waals surface area contributed by atoms with Crippen LogP contribution in [0.1, 0.15) is 17.3 Å². The Morgan fingerprint density at radius 1 is 1.40 bits per heavy atom. The van der Waals surface area contributed by atoms with Crippen molar-refractivity contribution in [1.82, 2.24) is 10.1 Å². The minimum Gasteiger partial charge on any atom is -0.380 e. The number of ether oxygens (including phenoxy) is 1. The molecule has 20 heavy (non-hydrogen) atoms. The Hall–Kier alpha value is -1.37. The summed E-state index contributed by atoms with van der Waals surface area (Å²) in [4.78, 5) is 5.59. The van der Waals surface area contributed by atoms with Gasteiger partial charge in [0.1, 0.15) is 0 Å². The molecule has 1 heterocycles. The molecule has 1 atom stereocenters. The minimum atomic E-state index is -0.0766. The van der Waals surface area contributed by atoms with E-state index in [1.54, 1.807) is 18.9 Å². The van der Waals surface area contributed by atoms with E-state index in [1.807, 2.05) is 12.1 Å². The van der Waals surface area contributed by atoms with Crippen LogP contribution in [0.4, 0.5) is 0 Å². The highest BCUT2D eigenvalue weighted by Crippen LogP contribution is 2.24. The van der Waals surface area contributed by atoms with E-state index in [0.717, 1.165) is 0 Å². The van der Waals surface area contributed by atoms with Crippen molar-refractivity contribution in [2.45, 2.75) is 30.1 Å². The van der Waals surface area contributed by atoms with Gasteiger partial charge in [0.25, 0.3) is 0 Å². The van der Waals surface area contributed by atoms with Crippen LogP contribution in [0.5, 0.6) is 0 Å². The van der Waals surface area contributed by atoms with Crippen LogP contribution >= 0.6 is 11.8 Å². The number of nitrogens with two attached hydrogens (primary N) is 1. The lowest BCUT2D eigenvalue weighted by molar-refractivity contribution is 0.102. The molecule has 2 aromatic rings. The van der Waals surface area contributed by atoms with Gasteiger partial charge in [-0.2, -0.15) is 4.98 Å². The van der Waals surface area contributed by atoms with Gasteiger partial charge >= 0.3 is 0 Å². The van der Waals surface area contributed by atoms with Crippen LogP contribution in [-0.2, 0) is 16.9 Å². The van der Waals surface area contributed by atoms with Crippen LogP contribution in [0, 0.1) is 6.92 Å². The first-order valence-corrected chi connectivity index (χ1v) is 7.44. The molecule has 0 bridgehead atoms. The van der Waals surface area contributed by atoms with Gasteiger partial charge in [-0.25, -0.2) is 0 Å². The maximum Gasteiger partial charge on any atom is 0.229 e. The lowest BCUT2D eigenvalue weighted by Crippen LogP contribution is -2.24. The number of aryl methyl sites for hydroxylation is 1. The number of methoxy groups -OCH3 is 1. The van der Waals surface area contributed by atoms with Crippen LogP contribution in [0.2, 0.25) is 0 Å². The molecule has 0 saturated heterocycles. The minimum absolute atomic E-state index is 0.0766. The number of nitrogens with zero attached hydrogens (tertiary/aromatic N) is 2. The zero-order chi connectivity index (χ0) is 14.4. The average molecular weight is 293 g/mol. The molecule has 1 aromatic carbocycles. The second-order valence-electron chi connectivity index (χ2n) is 4.46. The fourth-order valence-corrected chi connectivity index (χ4v) is 2.62. The summed E-state index contributed by atoms with van der Waals surface area (Å²) in [6.07, 6.45) is 0.474. The summed E-state index contributed by atoms with van der Waals surface area (Å²) in [5.74, 6) is 1.96. The summed E-state index contributed by atoms with van der Waals surface area (Å²) in [6.45, 7) is 2.53. The van der Waals surface area contributed by atoms with Crippen molar-refractivity contribution in [3.63, 3.8) is 0 Å². The smallest absolute Gasteiger partial charge is 0.229 e. The highest BCUT2D eigenvalue weighted by molar-refractivity contribution is 7.98. The van der Waals surface area contributed by atoms with Crippen LogP contribution in [-0.4, -0.2) is 29.9 Å². The summed E-state index contributed by atoms with van der Waals surface area (Å²) in [5, 5.41) is 3.98. The van der Waals surface area contributed by atoms with Gasteiger partial charge in [-0.05, 0) is 18.6 Å². The Balaban J connectivity index is 1.91. The van der Waals surface area contributed by atoms with Crippen molar-refractivity contribution < 1.29 is 9.26 Å². The lowest BCUT2D eigenvalue weighted by Gasteiger charge is -2.08. The van der Waals surface area contributed by atoms with Crippen LogP contribution in [0.15, 0.2) is 33.7 Å². The molecule has 5 nitrogen and oxygen atoms in total. The van der Waals surface area contributed by atoms with Gasteiger partial charge in [-0.1, -0.05) is 23.4 Å². The Morgan fingerprint density at radius 3 is 2.90 bits per heavy atom. The third kappa shape index (κ3) is 4.06. The first kappa shape index (κ1) is 15.0. The molecule has 0 fully saturated rings. The molecule has 0 spiro atoms. The Labute approximate surface area is 122 Å². The molecule has 2 N–H and O–H groups in total. The van der Waals surface area contributed by atoms with E-state index < -0.39 is 0 Å². The fraction of sp³-hybridized carbons (Fsp3) is 0.429. The molecule has 0 amide bonds. The van der Waals surface area contributed by atoms with E-state index in [0.29, 0.717) is 30.4 Å². The number of hydrogen-bond donors (Lipinski definition) is 1. The molecule has 0 aliphatic carbocycles. The monoisotopic (exact) mass is 293 g/mol. The van der Waals surface area contributed by atoms with Crippen LogP contribution in [0.3, 0.4) is 0 Å². The van der Waals surface area contributed by atoms with E-state index in [1.165, 1.54) is 10.5 Å². The van der Waals surface area contributed by atoms with Crippen molar-refractivity contribution >= 4 is 11.8 Å². The van der Waals surface area contributed by atoms with Crippen molar-refractivity contribution in [3.05, 3.63) is 41.5 Å². The molecule has 6 heteroatoms. The standard InChI is InChI=1S/C14H19N3O2S/c1-10-5-3-4-6-12(10)20-9-13-16-14(19-17-13)7-11(8-15)18-2/h3-6,11H,7-9,15H2,1-2H3. The Bertz CT molecular complexity index is 541. The van der Waals surface area contributed by atoms with E-state index >= 15 is 0 Å². The SMILES string of the molecule is COC(CN)Cc1nc(CSc2ccccc2C)no1. The Kier molecular flexibility index (Phi) is 5.58. The third-order valence-electron chi connectivity index (χ3n) is 2.96. The molecular formula is C14H19N3O2S. The zero-order valence-electron chi connectivity index (χ0n) is 11.7. The summed E-state index contributed by atoms with van der Waals surface area (Å²) >= 11 is 1.70. The molecular weight excluding hydrogens is 274 g/mol. The van der Waals surface area contributed by atoms with Gasteiger partial charge in [-0.15, -0.1) is 11.8 Å². The van der Waals surface area contributed by atoms with Gasteiger partial charge in [0.15, 0.2) is 5.82 Å². The molecule has 1 unspecified atom stereocenters. The normalized spacial score (nSPS) is 12.6. The number of benzene rings is 1. The number of rotatable bonds is 7. The van der Waals surface area contributed by atoms with Crippen molar-refractivity contribution in [2.24, 2.45) is 5.73 Å². The van der Waals surface area contributed by atoms with Gasteiger partial charge in [0.2, 0.25) is 5.89 Å². The predicted molar refractivity (Wildman–Crippen MR) is 78.6 cm³/mol. The largest absolute Gasteiger partial charge is 0.380 e. The molecule has 0 saturated carbocycles. The van der Waals surface area contributed by atoms with Gasteiger partial charge in [-0.3, -0.25) is 0 Å². The molecule has 108 valence electrons. The van der Waals surface area contributed by atoms with E-state index in [4.69, 9.17) is 15.0 Å². The molecule has 0 aliphatic rings. The highest BCUT2D eigenvalue weighted by Gasteiger charge is 2.13. The summed E-state index contributed by atoms with van der Waals surface area (Å²) in [5.41, 5.74) is 6.82. The topological polar surface area (TPSA) is 74.2 Å². The van der Waals surface area contributed by atoms with Crippen molar-refractivity contribution in [2.75, 3.05) is 13.7 Å². The van der Waals surface area contributed by atoms with Crippen LogP contribution < -0.4 is 5.73 Å². The quantitative estimate of drug-likeness (QED) is 0.789. The van der Waals surface area contributed by atoms with Gasteiger partial charge in [0.05, 0.1) is 18.3 Å². The number of aromatic nitrogens is 2. The maximum absolute atomic E-state index is 5.57. The maximum atomic E-state index is 5.57. The second-order valence-corrected chi connectivity index (χ2v) is 5.47. The predicted octanol–water partition coefficient (Wildman–Crippen LogP) is 2.19.